The first-order valence-corrected chi connectivity index (χ1v) is 9.24. The molecule has 7 heteroatoms. The van der Waals surface area contributed by atoms with E-state index in [9.17, 15) is 13.2 Å². The van der Waals surface area contributed by atoms with E-state index in [4.69, 9.17) is 0 Å². The molecule has 0 radical (unpaired) electrons. The second-order valence-electron chi connectivity index (χ2n) is 4.82. The Bertz CT molecular complexity index is 740. The quantitative estimate of drug-likeness (QED) is 0.850. The van der Waals surface area contributed by atoms with Gasteiger partial charge in [0.25, 0.3) is 10.0 Å². The summed E-state index contributed by atoms with van der Waals surface area (Å²) < 4.78 is 26.7. The number of carbonyl (C=O) groups excluding carboxylic acids is 1. The Morgan fingerprint density at radius 2 is 2.05 bits per heavy atom. The van der Waals surface area contributed by atoms with Gasteiger partial charge in [0, 0.05) is 5.69 Å². The minimum atomic E-state index is -3.66. The van der Waals surface area contributed by atoms with Gasteiger partial charge in [0.2, 0.25) is 5.91 Å². The van der Waals surface area contributed by atoms with Crippen LogP contribution < -0.4 is 10.0 Å². The maximum absolute atomic E-state index is 12.1. The first kappa shape index (κ1) is 16.7. The summed E-state index contributed by atoms with van der Waals surface area (Å²) in [5.41, 5.74) is 1.76. The van der Waals surface area contributed by atoms with E-state index in [2.05, 4.69) is 10.0 Å². The van der Waals surface area contributed by atoms with Crippen LogP contribution in [-0.2, 0) is 21.2 Å². The van der Waals surface area contributed by atoms with Crippen molar-refractivity contribution in [1.82, 2.24) is 4.72 Å². The van der Waals surface area contributed by atoms with Crippen molar-refractivity contribution in [3.8, 4) is 0 Å². The lowest BCUT2D eigenvalue weighted by molar-refractivity contribution is -0.117. The highest BCUT2D eigenvalue weighted by Gasteiger charge is 2.22. The maximum atomic E-state index is 12.1. The molecule has 1 atom stereocenters. The average Bonchev–Trinajstić information content (AvgIpc) is 3.02. The highest BCUT2D eigenvalue weighted by Crippen LogP contribution is 2.16. The number of hydrogen-bond acceptors (Lipinski definition) is 4. The molecule has 118 valence electrons. The Hall–Kier alpha value is -1.70. The summed E-state index contributed by atoms with van der Waals surface area (Å²) in [5.74, 6) is -0.395. The Morgan fingerprint density at radius 1 is 1.27 bits per heavy atom. The van der Waals surface area contributed by atoms with Crippen LogP contribution in [0.15, 0.2) is 46.0 Å². The van der Waals surface area contributed by atoms with Crippen LogP contribution in [0.3, 0.4) is 0 Å². The predicted molar refractivity (Wildman–Crippen MR) is 88.6 cm³/mol. The fourth-order valence-electron chi connectivity index (χ4n) is 1.88. The number of rotatable bonds is 6. The molecule has 2 aromatic rings. The van der Waals surface area contributed by atoms with Crippen LogP contribution in [0.5, 0.6) is 0 Å². The lowest BCUT2D eigenvalue weighted by atomic mass is 10.1. The number of thiophene rings is 1. The zero-order valence-corrected chi connectivity index (χ0v) is 14.0. The van der Waals surface area contributed by atoms with E-state index in [1.807, 2.05) is 25.1 Å². The summed E-state index contributed by atoms with van der Waals surface area (Å²) in [7, 11) is -3.66. The number of nitrogens with one attached hydrogen (secondary N) is 2. The summed E-state index contributed by atoms with van der Waals surface area (Å²) >= 11 is 1.11. The van der Waals surface area contributed by atoms with Crippen LogP contribution in [0.2, 0.25) is 0 Å². The molecule has 0 fully saturated rings. The van der Waals surface area contributed by atoms with Crippen LogP contribution in [0.1, 0.15) is 19.4 Å². The van der Waals surface area contributed by atoms with Crippen LogP contribution >= 0.6 is 11.3 Å². The van der Waals surface area contributed by atoms with Crippen molar-refractivity contribution in [2.24, 2.45) is 0 Å². The molecule has 0 aliphatic carbocycles. The Kier molecular flexibility index (Phi) is 5.33. The second-order valence-corrected chi connectivity index (χ2v) is 7.71. The minimum absolute atomic E-state index is 0.195. The molecule has 5 nitrogen and oxygen atoms in total. The van der Waals surface area contributed by atoms with E-state index in [-0.39, 0.29) is 4.21 Å². The topological polar surface area (TPSA) is 75.3 Å². The van der Waals surface area contributed by atoms with E-state index in [1.165, 1.54) is 13.0 Å². The molecule has 0 saturated heterocycles. The molecule has 0 aliphatic heterocycles. The normalized spacial score (nSPS) is 12.8. The van der Waals surface area contributed by atoms with E-state index < -0.39 is 22.0 Å². The van der Waals surface area contributed by atoms with Gasteiger partial charge < -0.3 is 5.32 Å². The summed E-state index contributed by atoms with van der Waals surface area (Å²) in [4.78, 5) is 12.1. The third-order valence-electron chi connectivity index (χ3n) is 3.09. The van der Waals surface area contributed by atoms with Gasteiger partial charge in [-0.15, -0.1) is 11.3 Å². The molecule has 1 aromatic heterocycles. The van der Waals surface area contributed by atoms with Crippen molar-refractivity contribution in [3.63, 3.8) is 0 Å². The number of benzene rings is 1. The van der Waals surface area contributed by atoms with Crippen molar-refractivity contribution in [2.75, 3.05) is 5.32 Å². The highest BCUT2D eigenvalue weighted by atomic mass is 32.2. The number of anilines is 1. The highest BCUT2D eigenvalue weighted by molar-refractivity contribution is 7.91. The maximum Gasteiger partial charge on any atom is 0.250 e. The lowest BCUT2D eigenvalue weighted by Crippen LogP contribution is -2.41. The van der Waals surface area contributed by atoms with Crippen molar-refractivity contribution < 1.29 is 13.2 Å². The molecule has 2 N–H and O–H groups in total. The van der Waals surface area contributed by atoms with Gasteiger partial charge in [0.05, 0.1) is 6.04 Å². The van der Waals surface area contributed by atoms with Crippen LogP contribution in [0.25, 0.3) is 0 Å². The van der Waals surface area contributed by atoms with Crippen molar-refractivity contribution in [1.29, 1.82) is 0 Å². The van der Waals surface area contributed by atoms with E-state index in [0.29, 0.717) is 5.69 Å². The molecule has 1 aromatic carbocycles. The number of carbonyl (C=O) groups is 1. The van der Waals surface area contributed by atoms with E-state index in [0.717, 1.165) is 23.3 Å². The molecule has 0 unspecified atom stereocenters. The fourth-order valence-corrected chi connectivity index (χ4v) is 4.09. The molecule has 1 heterocycles. The van der Waals surface area contributed by atoms with Crippen molar-refractivity contribution in [2.45, 2.75) is 30.5 Å². The Labute approximate surface area is 134 Å². The van der Waals surface area contributed by atoms with Gasteiger partial charge in [-0.05, 0) is 42.5 Å². The van der Waals surface area contributed by atoms with Gasteiger partial charge in [-0.2, -0.15) is 4.72 Å². The minimum Gasteiger partial charge on any atom is -0.325 e. The fraction of sp³-hybridized carbons (Fsp3) is 0.267. The third-order valence-corrected chi connectivity index (χ3v) is 6.03. The smallest absolute Gasteiger partial charge is 0.250 e. The molecule has 22 heavy (non-hydrogen) atoms. The monoisotopic (exact) mass is 338 g/mol. The number of aryl methyl sites for hydroxylation is 1. The Balaban J connectivity index is 2.03. The van der Waals surface area contributed by atoms with Crippen LogP contribution in [0, 0.1) is 0 Å². The Morgan fingerprint density at radius 3 is 2.68 bits per heavy atom. The first-order valence-electron chi connectivity index (χ1n) is 6.88. The van der Waals surface area contributed by atoms with E-state index >= 15 is 0 Å². The van der Waals surface area contributed by atoms with Crippen molar-refractivity contribution >= 4 is 33.0 Å². The first-order chi connectivity index (χ1) is 10.4. The zero-order chi connectivity index (χ0) is 16.2. The number of sulfonamides is 1. The van der Waals surface area contributed by atoms with Gasteiger partial charge in [-0.25, -0.2) is 8.42 Å². The third kappa shape index (κ3) is 4.16. The standard InChI is InChI=1S/C15H18N2O3S2/c1-3-12-6-4-7-13(10-12)16-15(18)11(2)17-22(19,20)14-8-5-9-21-14/h4-11,17H,3H2,1-2H3,(H,16,18)/t11-/m0/s1. The molecular weight excluding hydrogens is 320 g/mol. The molecule has 0 saturated carbocycles. The zero-order valence-electron chi connectivity index (χ0n) is 12.4. The molecular formula is C15H18N2O3S2. The largest absolute Gasteiger partial charge is 0.325 e. The molecule has 0 aliphatic rings. The molecule has 1 amide bonds. The van der Waals surface area contributed by atoms with Gasteiger partial charge in [0.1, 0.15) is 4.21 Å². The summed E-state index contributed by atoms with van der Waals surface area (Å²) in [6.45, 7) is 3.54. The molecule has 0 bridgehead atoms. The van der Waals surface area contributed by atoms with E-state index in [1.54, 1.807) is 17.5 Å². The van der Waals surface area contributed by atoms with Crippen LogP contribution in [-0.4, -0.2) is 20.4 Å². The lowest BCUT2D eigenvalue weighted by Gasteiger charge is -2.14. The number of amides is 1. The second kappa shape index (κ2) is 7.04. The SMILES string of the molecule is CCc1cccc(NC(=O)[C@H](C)NS(=O)(=O)c2cccs2)c1. The number of hydrogen-bond donors (Lipinski definition) is 2. The van der Waals surface area contributed by atoms with Gasteiger partial charge >= 0.3 is 0 Å². The average molecular weight is 338 g/mol. The van der Waals surface area contributed by atoms with Crippen molar-refractivity contribution in [3.05, 3.63) is 47.3 Å². The summed E-state index contributed by atoms with van der Waals surface area (Å²) in [5, 5.41) is 4.40. The predicted octanol–water partition coefficient (Wildman–Crippen LogP) is 2.62. The molecule has 2 rings (SSSR count). The van der Waals surface area contributed by atoms with Gasteiger partial charge in [0.15, 0.2) is 0 Å². The van der Waals surface area contributed by atoms with Gasteiger partial charge in [-0.1, -0.05) is 25.1 Å². The summed E-state index contributed by atoms with van der Waals surface area (Å²) in [6.07, 6.45) is 0.865. The van der Waals surface area contributed by atoms with Crippen LogP contribution in [0.4, 0.5) is 5.69 Å². The molecule has 0 spiro atoms. The summed E-state index contributed by atoms with van der Waals surface area (Å²) in [6, 6.07) is 9.77. The van der Waals surface area contributed by atoms with Gasteiger partial charge in [-0.3, -0.25) is 4.79 Å².